The van der Waals surface area contributed by atoms with Gasteiger partial charge in [-0.25, -0.2) is 4.98 Å². The van der Waals surface area contributed by atoms with Gasteiger partial charge in [0.1, 0.15) is 0 Å². The van der Waals surface area contributed by atoms with Gasteiger partial charge < -0.3 is 4.74 Å². The first-order valence-electron chi connectivity index (χ1n) is 9.87. The first-order chi connectivity index (χ1) is 12.7. The molecule has 0 spiro atoms. The minimum atomic E-state index is 0.362. The van der Waals surface area contributed by atoms with Crippen molar-refractivity contribution in [2.45, 2.75) is 64.9 Å². The molecular weight excluding hydrogens is 320 g/mol. The standard InChI is InChI=1S/C23H32N2O/c1-4-6-10-16-26-19(3)12-8-7-9-13-20-14-15-22-23(17-20)24-18-21(25-22)11-5-2/h5,9,13-15,17-19H,2,4,6-8,10-12,16H2,1,3H3. The number of nitrogens with zero attached hydrogens (tertiary/aromatic N) is 2. The van der Waals surface area contributed by atoms with Gasteiger partial charge in [-0.1, -0.05) is 44.1 Å². The predicted octanol–water partition coefficient (Wildman–Crippen LogP) is 6.14. The summed E-state index contributed by atoms with van der Waals surface area (Å²) in [5, 5.41) is 0. The summed E-state index contributed by atoms with van der Waals surface area (Å²) >= 11 is 0. The van der Waals surface area contributed by atoms with E-state index in [0.29, 0.717) is 6.10 Å². The molecule has 2 rings (SSSR count). The maximum atomic E-state index is 5.84. The average molecular weight is 353 g/mol. The van der Waals surface area contributed by atoms with Gasteiger partial charge >= 0.3 is 0 Å². The van der Waals surface area contributed by atoms with E-state index in [2.05, 4.69) is 54.7 Å². The molecule has 1 heterocycles. The van der Waals surface area contributed by atoms with Crippen molar-refractivity contribution < 1.29 is 4.74 Å². The summed E-state index contributed by atoms with van der Waals surface area (Å²) in [7, 11) is 0. The lowest BCUT2D eigenvalue weighted by Gasteiger charge is -2.11. The quantitative estimate of drug-likeness (QED) is 0.340. The molecule has 0 saturated heterocycles. The number of aromatic nitrogens is 2. The van der Waals surface area contributed by atoms with Gasteiger partial charge in [0.05, 0.1) is 22.8 Å². The zero-order chi connectivity index (χ0) is 18.6. The van der Waals surface area contributed by atoms with Crippen LogP contribution in [0.15, 0.2) is 43.1 Å². The van der Waals surface area contributed by atoms with Crippen LogP contribution in [0.2, 0.25) is 0 Å². The Kier molecular flexibility index (Phi) is 9.05. The van der Waals surface area contributed by atoms with E-state index >= 15 is 0 Å². The van der Waals surface area contributed by atoms with Crippen molar-refractivity contribution >= 4 is 17.1 Å². The first kappa shape index (κ1) is 20.3. The zero-order valence-electron chi connectivity index (χ0n) is 16.3. The van der Waals surface area contributed by atoms with Gasteiger partial charge in [-0.15, -0.1) is 6.58 Å². The molecule has 0 fully saturated rings. The van der Waals surface area contributed by atoms with Gasteiger partial charge in [-0.3, -0.25) is 4.98 Å². The van der Waals surface area contributed by atoms with Crippen molar-refractivity contribution in [2.75, 3.05) is 6.61 Å². The molecule has 0 saturated carbocycles. The highest BCUT2D eigenvalue weighted by Gasteiger charge is 2.01. The number of allylic oxidation sites excluding steroid dienone is 2. The molecular formula is C23H32N2O. The van der Waals surface area contributed by atoms with Crippen LogP contribution in [-0.4, -0.2) is 22.7 Å². The van der Waals surface area contributed by atoms with Crippen LogP contribution in [0.1, 0.15) is 63.6 Å². The van der Waals surface area contributed by atoms with E-state index in [1.807, 2.05) is 18.3 Å². The smallest absolute Gasteiger partial charge is 0.0892 e. The highest BCUT2D eigenvalue weighted by molar-refractivity contribution is 5.77. The Bertz CT molecular complexity index is 708. The monoisotopic (exact) mass is 352 g/mol. The number of hydrogen-bond donors (Lipinski definition) is 0. The van der Waals surface area contributed by atoms with Gasteiger partial charge in [-0.2, -0.15) is 0 Å². The molecule has 1 aromatic heterocycles. The normalized spacial score (nSPS) is 12.7. The third-order valence-electron chi connectivity index (χ3n) is 4.41. The Morgan fingerprint density at radius 1 is 1.19 bits per heavy atom. The lowest BCUT2D eigenvalue weighted by Crippen LogP contribution is -2.08. The minimum absolute atomic E-state index is 0.362. The second kappa shape index (κ2) is 11.6. The number of unbranched alkanes of at least 4 members (excludes halogenated alkanes) is 3. The third kappa shape index (κ3) is 7.09. The molecule has 1 aromatic carbocycles. The molecule has 26 heavy (non-hydrogen) atoms. The SMILES string of the molecule is C=CCc1cnc2cc(C=CCCCC(C)OCCCCC)ccc2n1. The van der Waals surface area contributed by atoms with Gasteiger partial charge in [0.15, 0.2) is 0 Å². The van der Waals surface area contributed by atoms with Gasteiger partial charge in [-0.05, 0) is 50.3 Å². The second-order valence-corrected chi connectivity index (χ2v) is 6.82. The van der Waals surface area contributed by atoms with Crippen LogP contribution < -0.4 is 0 Å². The lowest BCUT2D eigenvalue weighted by molar-refractivity contribution is 0.0566. The number of benzene rings is 1. The fraction of sp³-hybridized carbons (Fsp3) is 0.478. The molecule has 0 aliphatic rings. The van der Waals surface area contributed by atoms with Crippen molar-refractivity contribution in [1.82, 2.24) is 9.97 Å². The summed E-state index contributed by atoms with van der Waals surface area (Å²) in [6.45, 7) is 9.05. The molecule has 0 bridgehead atoms. The molecule has 0 radical (unpaired) electrons. The van der Waals surface area contributed by atoms with Gasteiger partial charge in [0, 0.05) is 19.2 Å². The molecule has 140 valence electrons. The topological polar surface area (TPSA) is 35.0 Å². The summed E-state index contributed by atoms with van der Waals surface area (Å²) in [6.07, 6.45) is 16.3. The summed E-state index contributed by atoms with van der Waals surface area (Å²) < 4.78 is 5.84. The van der Waals surface area contributed by atoms with Crippen molar-refractivity contribution in [3.8, 4) is 0 Å². The minimum Gasteiger partial charge on any atom is -0.379 e. The Hall–Kier alpha value is -2.00. The van der Waals surface area contributed by atoms with E-state index in [1.54, 1.807) is 0 Å². The Morgan fingerprint density at radius 2 is 2.08 bits per heavy atom. The lowest BCUT2D eigenvalue weighted by atomic mass is 10.1. The van der Waals surface area contributed by atoms with E-state index < -0.39 is 0 Å². The highest BCUT2D eigenvalue weighted by atomic mass is 16.5. The second-order valence-electron chi connectivity index (χ2n) is 6.82. The maximum absolute atomic E-state index is 5.84. The van der Waals surface area contributed by atoms with Crippen LogP contribution >= 0.6 is 0 Å². The molecule has 0 N–H and O–H groups in total. The van der Waals surface area contributed by atoms with Crippen molar-refractivity contribution in [3.63, 3.8) is 0 Å². The Morgan fingerprint density at radius 3 is 2.88 bits per heavy atom. The molecule has 3 nitrogen and oxygen atoms in total. The molecule has 0 aliphatic carbocycles. The van der Waals surface area contributed by atoms with Crippen LogP contribution in [0.5, 0.6) is 0 Å². The van der Waals surface area contributed by atoms with E-state index in [1.165, 1.54) is 24.8 Å². The third-order valence-corrected chi connectivity index (χ3v) is 4.41. The number of ether oxygens (including phenoxy) is 1. The van der Waals surface area contributed by atoms with E-state index in [-0.39, 0.29) is 0 Å². The molecule has 0 aliphatic heterocycles. The van der Waals surface area contributed by atoms with Crippen LogP contribution in [0, 0.1) is 0 Å². The molecule has 3 heteroatoms. The van der Waals surface area contributed by atoms with Gasteiger partial charge in [0.2, 0.25) is 0 Å². The fourth-order valence-corrected chi connectivity index (χ4v) is 2.88. The molecule has 1 unspecified atom stereocenters. The van der Waals surface area contributed by atoms with Gasteiger partial charge in [0.25, 0.3) is 0 Å². The zero-order valence-corrected chi connectivity index (χ0v) is 16.3. The Balaban J connectivity index is 1.75. The van der Waals surface area contributed by atoms with E-state index in [4.69, 9.17) is 4.74 Å². The number of fused-ring (bicyclic) bond motifs is 1. The summed E-state index contributed by atoms with van der Waals surface area (Å²) in [5.41, 5.74) is 4.01. The van der Waals surface area contributed by atoms with E-state index in [0.717, 1.165) is 49.0 Å². The highest BCUT2D eigenvalue weighted by Crippen LogP contribution is 2.15. The van der Waals surface area contributed by atoms with Crippen molar-refractivity contribution in [3.05, 3.63) is 54.4 Å². The van der Waals surface area contributed by atoms with Crippen LogP contribution in [-0.2, 0) is 11.2 Å². The van der Waals surface area contributed by atoms with Crippen LogP contribution in [0.25, 0.3) is 17.1 Å². The fourth-order valence-electron chi connectivity index (χ4n) is 2.88. The molecule has 0 amide bonds. The predicted molar refractivity (Wildman–Crippen MR) is 111 cm³/mol. The first-order valence-corrected chi connectivity index (χ1v) is 9.87. The Labute approximate surface area is 158 Å². The number of hydrogen-bond acceptors (Lipinski definition) is 3. The maximum Gasteiger partial charge on any atom is 0.0892 e. The van der Waals surface area contributed by atoms with Crippen molar-refractivity contribution in [1.29, 1.82) is 0 Å². The summed E-state index contributed by atoms with van der Waals surface area (Å²) in [4.78, 5) is 9.11. The van der Waals surface area contributed by atoms with Crippen molar-refractivity contribution in [2.24, 2.45) is 0 Å². The largest absolute Gasteiger partial charge is 0.379 e. The number of rotatable bonds is 12. The summed E-state index contributed by atoms with van der Waals surface area (Å²) in [6, 6.07) is 6.24. The summed E-state index contributed by atoms with van der Waals surface area (Å²) in [5.74, 6) is 0. The van der Waals surface area contributed by atoms with E-state index in [9.17, 15) is 0 Å². The average Bonchev–Trinajstić information content (AvgIpc) is 2.65. The van der Waals surface area contributed by atoms with Crippen LogP contribution in [0.3, 0.4) is 0 Å². The molecule has 2 aromatic rings. The van der Waals surface area contributed by atoms with Crippen LogP contribution in [0.4, 0.5) is 0 Å². The molecule has 1 atom stereocenters.